The third-order valence-corrected chi connectivity index (χ3v) is 4.06. The van der Waals surface area contributed by atoms with Crippen LogP contribution in [-0.4, -0.2) is 34.1 Å². The van der Waals surface area contributed by atoms with Gasteiger partial charge in [0.05, 0.1) is 16.5 Å². The molecule has 0 bridgehead atoms. The predicted molar refractivity (Wildman–Crippen MR) is 103 cm³/mol. The van der Waals surface area contributed by atoms with Gasteiger partial charge < -0.3 is 15.7 Å². The van der Waals surface area contributed by atoms with Crippen LogP contribution in [0.15, 0.2) is 48.5 Å². The molecule has 9 heteroatoms. The third-order valence-electron chi connectivity index (χ3n) is 4.06. The Morgan fingerprint density at radius 2 is 1.37 bits per heavy atom. The average Bonchev–Trinajstić information content (AvgIpc) is 2.67. The van der Waals surface area contributed by atoms with Gasteiger partial charge in [-0.05, 0) is 43.5 Å². The summed E-state index contributed by atoms with van der Waals surface area (Å²) in [6.45, 7) is 0.681. The van der Waals surface area contributed by atoms with Gasteiger partial charge in [-0.1, -0.05) is 0 Å². The largest absolute Gasteiger partial charge is 0.394 e. The Kier molecular flexibility index (Phi) is 7.50. The molecule has 27 heavy (non-hydrogen) atoms. The molecule has 2 aromatic carbocycles. The summed E-state index contributed by atoms with van der Waals surface area (Å²) in [5, 5.41) is 37.1. The van der Waals surface area contributed by atoms with Gasteiger partial charge in [0.15, 0.2) is 0 Å². The maximum Gasteiger partial charge on any atom is 0.269 e. The minimum atomic E-state index is -0.453. The molecule has 9 nitrogen and oxygen atoms in total. The number of aliphatic hydroxyl groups excluding tert-OH is 1. The molecular formula is C18H22N4O5. The number of unbranched alkanes of at least 4 members (excludes halogenated alkanes) is 1. The van der Waals surface area contributed by atoms with Gasteiger partial charge >= 0.3 is 0 Å². The van der Waals surface area contributed by atoms with Crippen molar-refractivity contribution in [3.63, 3.8) is 0 Å². The van der Waals surface area contributed by atoms with E-state index in [1.807, 2.05) is 0 Å². The molecule has 0 spiro atoms. The summed E-state index contributed by atoms with van der Waals surface area (Å²) in [4.78, 5) is 20.4. The van der Waals surface area contributed by atoms with Crippen molar-refractivity contribution in [1.29, 1.82) is 0 Å². The van der Waals surface area contributed by atoms with Gasteiger partial charge in [0.2, 0.25) is 0 Å². The smallest absolute Gasteiger partial charge is 0.269 e. The Bertz CT molecular complexity index is 749. The molecule has 144 valence electrons. The van der Waals surface area contributed by atoms with Gasteiger partial charge in [0.1, 0.15) is 0 Å². The molecule has 0 aromatic heterocycles. The zero-order valence-electron chi connectivity index (χ0n) is 14.7. The summed E-state index contributed by atoms with van der Waals surface area (Å²) < 4.78 is 0. The minimum absolute atomic E-state index is 0.0263. The van der Waals surface area contributed by atoms with Gasteiger partial charge in [0.25, 0.3) is 11.4 Å². The van der Waals surface area contributed by atoms with Gasteiger partial charge in [0, 0.05) is 48.2 Å². The lowest BCUT2D eigenvalue weighted by molar-refractivity contribution is -0.385. The van der Waals surface area contributed by atoms with E-state index < -0.39 is 9.85 Å². The maximum atomic E-state index is 10.7. The van der Waals surface area contributed by atoms with Crippen molar-refractivity contribution in [2.24, 2.45) is 0 Å². The lowest BCUT2D eigenvalue weighted by Crippen LogP contribution is -2.23. The van der Waals surface area contributed by atoms with Crippen molar-refractivity contribution >= 4 is 22.7 Å². The van der Waals surface area contributed by atoms with Crippen LogP contribution in [0.2, 0.25) is 0 Å². The van der Waals surface area contributed by atoms with E-state index in [1.54, 1.807) is 24.3 Å². The molecule has 0 radical (unpaired) electrons. The van der Waals surface area contributed by atoms with E-state index in [1.165, 1.54) is 24.3 Å². The number of non-ortho nitro benzene ring substituents is 2. The Hall–Kier alpha value is -3.20. The van der Waals surface area contributed by atoms with Crippen LogP contribution in [0, 0.1) is 20.2 Å². The normalized spacial score (nSPS) is 11.6. The van der Waals surface area contributed by atoms with Crippen LogP contribution in [0.4, 0.5) is 22.7 Å². The second-order valence-electron chi connectivity index (χ2n) is 6.05. The van der Waals surface area contributed by atoms with Gasteiger partial charge in [-0.2, -0.15) is 0 Å². The number of nitrogens with zero attached hydrogens (tertiary/aromatic N) is 2. The molecule has 2 aromatic rings. The molecule has 0 amide bonds. The summed E-state index contributed by atoms with van der Waals surface area (Å²) in [7, 11) is 0. The fraction of sp³-hybridized carbons (Fsp3) is 0.333. The summed E-state index contributed by atoms with van der Waals surface area (Å²) >= 11 is 0. The van der Waals surface area contributed by atoms with Crippen LogP contribution in [0.3, 0.4) is 0 Å². The second-order valence-corrected chi connectivity index (χ2v) is 6.05. The first-order valence-electron chi connectivity index (χ1n) is 8.60. The summed E-state index contributed by atoms with van der Waals surface area (Å²) in [5.74, 6) is 0. The van der Waals surface area contributed by atoms with Gasteiger partial charge in [-0.25, -0.2) is 0 Å². The van der Waals surface area contributed by atoms with Crippen molar-refractivity contribution < 1.29 is 15.0 Å². The summed E-state index contributed by atoms with van der Waals surface area (Å²) in [5.41, 5.74) is 1.63. The lowest BCUT2D eigenvalue weighted by atomic mass is 10.1. The first-order chi connectivity index (χ1) is 13.0. The van der Waals surface area contributed by atoms with Crippen LogP contribution < -0.4 is 10.6 Å². The molecule has 0 aliphatic carbocycles. The average molecular weight is 374 g/mol. The Morgan fingerprint density at radius 3 is 1.85 bits per heavy atom. The highest BCUT2D eigenvalue weighted by Gasteiger charge is 2.09. The van der Waals surface area contributed by atoms with Crippen molar-refractivity contribution in [3.05, 3.63) is 68.8 Å². The first kappa shape index (κ1) is 20.1. The number of nitrogens with one attached hydrogen (secondary N) is 2. The minimum Gasteiger partial charge on any atom is -0.394 e. The SMILES string of the molecule is O=[N+]([O-])c1ccc(NCCCC[C@@H](CO)Nc2ccc([N+](=O)[O-])cc2)cc1. The van der Waals surface area contributed by atoms with E-state index in [4.69, 9.17) is 0 Å². The quantitative estimate of drug-likeness (QED) is 0.311. The molecular weight excluding hydrogens is 352 g/mol. The summed E-state index contributed by atoms with van der Waals surface area (Å²) in [6, 6.07) is 12.2. The van der Waals surface area contributed by atoms with Crippen LogP contribution in [-0.2, 0) is 0 Å². The lowest BCUT2D eigenvalue weighted by Gasteiger charge is -2.17. The van der Waals surface area contributed by atoms with E-state index in [2.05, 4.69) is 10.6 Å². The molecule has 0 saturated carbocycles. The van der Waals surface area contributed by atoms with E-state index in [0.717, 1.165) is 30.6 Å². The fourth-order valence-corrected chi connectivity index (χ4v) is 2.57. The number of hydrogen-bond acceptors (Lipinski definition) is 7. The standard InChI is InChI=1S/C18H22N4O5/c23-13-16(20-15-6-10-18(11-7-15)22(26)27)3-1-2-12-19-14-4-8-17(9-5-14)21(24)25/h4-11,16,19-20,23H,1-3,12-13H2/t16-/m0/s1. The zero-order valence-corrected chi connectivity index (χ0v) is 14.7. The first-order valence-corrected chi connectivity index (χ1v) is 8.60. The van der Waals surface area contributed by atoms with Gasteiger partial charge in [-0.3, -0.25) is 20.2 Å². The Balaban J connectivity index is 1.69. The molecule has 3 N–H and O–H groups in total. The van der Waals surface area contributed by atoms with Crippen molar-refractivity contribution in [2.45, 2.75) is 25.3 Å². The van der Waals surface area contributed by atoms with Crippen molar-refractivity contribution in [2.75, 3.05) is 23.8 Å². The molecule has 0 unspecified atom stereocenters. The molecule has 0 saturated heterocycles. The highest BCUT2D eigenvalue weighted by Crippen LogP contribution is 2.18. The summed E-state index contributed by atoms with van der Waals surface area (Å²) in [6.07, 6.45) is 2.48. The van der Waals surface area contributed by atoms with Crippen LogP contribution >= 0.6 is 0 Å². The van der Waals surface area contributed by atoms with Crippen LogP contribution in [0.25, 0.3) is 0 Å². The molecule has 0 heterocycles. The van der Waals surface area contributed by atoms with E-state index >= 15 is 0 Å². The molecule has 0 fully saturated rings. The number of anilines is 2. The Labute approximate surface area is 156 Å². The topological polar surface area (TPSA) is 131 Å². The van der Waals surface area contributed by atoms with Crippen molar-refractivity contribution in [1.82, 2.24) is 0 Å². The van der Waals surface area contributed by atoms with Crippen molar-refractivity contribution in [3.8, 4) is 0 Å². The highest BCUT2D eigenvalue weighted by molar-refractivity contribution is 5.49. The monoisotopic (exact) mass is 374 g/mol. The van der Waals surface area contributed by atoms with E-state index in [0.29, 0.717) is 6.54 Å². The number of benzene rings is 2. The van der Waals surface area contributed by atoms with E-state index in [9.17, 15) is 25.3 Å². The molecule has 2 rings (SSSR count). The molecule has 0 aliphatic rings. The molecule has 0 aliphatic heterocycles. The third kappa shape index (κ3) is 6.55. The van der Waals surface area contributed by atoms with Crippen LogP contribution in [0.5, 0.6) is 0 Å². The number of aliphatic hydroxyl groups is 1. The predicted octanol–water partition coefficient (Wildman–Crippen LogP) is 3.56. The Morgan fingerprint density at radius 1 is 0.852 bits per heavy atom. The van der Waals surface area contributed by atoms with Crippen LogP contribution in [0.1, 0.15) is 19.3 Å². The number of nitro benzene ring substituents is 2. The number of rotatable bonds is 11. The number of nitro groups is 2. The van der Waals surface area contributed by atoms with E-state index in [-0.39, 0.29) is 24.0 Å². The number of hydrogen-bond donors (Lipinski definition) is 3. The maximum absolute atomic E-state index is 10.7. The second kappa shape index (κ2) is 10.1. The van der Waals surface area contributed by atoms with Gasteiger partial charge in [-0.15, -0.1) is 0 Å². The fourth-order valence-electron chi connectivity index (χ4n) is 2.57. The zero-order chi connectivity index (χ0) is 19.6. The highest BCUT2D eigenvalue weighted by atomic mass is 16.6. The molecule has 1 atom stereocenters.